The van der Waals surface area contributed by atoms with Crippen LogP contribution in [0.3, 0.4) is 0 Å². The van der Waals surface area contributed by atoms with Gasteiger partial charge in [-0.05, 0) is 207 Å². The summed E-state index contributed by atoms with van der Waals surface area (Å²) in [6.07, 6.45) is 4.32. The Kier molecular flexibility index (Phi) is 34.7. The van der Waals surface area contributed by atoms with Crippen LogP contribution in [0.15, 0.2) is 153 Å². The molecule has 0 aliphatic carbocycles. The largest absolute Gasteiger partial charge is 0.325 e. The van der Waals surface area contributed by atoms with Gasteiger partial charge in [-0.2, -0.15) is 5.26 Å². The number of hydrogen-bond acceptors (Lipinski definition) is 11. The minimum absolute atomic E-state index is 0.00515. The second-order valence-electron chi connectivity index (χ2n) is 22.4. The number of methoxy groups -OCH3 is 2. The van der Waals surface area contributed by atoms with E-state index in [1.54, 1.807) is 68.9 Å². The number of aromatic amines is 3. The third-order valence-corrected chi connectivity index (χ3v) is 15.3. The molecular formula is C63H70I8N7O9-. The Balaban J connectivity index is 0.000000360. The van der Waals surface area contributed by atoms with Crippen LogP contribution in [0.2, 0.25) is 0 Å². The van der Waals surface area contributed by atoms with Crippen molar-refractivity contribution in [2.45, 2.75) is 105 Å². The number of nitrogens with zero attached hydrogens (tertiary/aromatic N) is 3. The molecule has 0 atom stereocenters. The summed E-state index contributed by atoms with van der Waals surface area (Å²) in [6, 6.07) is 36.1. The van der Waals surface area contributed by atoms with Crippen LogP contribution in [-0.2, 0) is 21.7 Å². The molecule has 1 amide bonds. The first-order valence-corrected chi connectivity index (χ1v) is 44.0. The normalized spacial score (nSPS) is 10.8. The van der Waals surface area contributed by atoms with Gasteiger partial charge in [0.15, 0.2) is 0 Å². The first-order chi connectivity index (χ1) is 40.4. The molecule has 0 saturated carbocycles. The Morgan fingerprint density at radius 2 is 1.09 bits per heavy atom. The van der Waals surface area contributed by atoms with Gasteiger partial charge in [-0.15, -0.1) is 0 Å². The zero-order chi connectivity index (χ0) is 66.2. The molecule has 0 saturated heterocycles. The molecule has 0 radical (unpaired) electrons. The van der Waals surface area contributed by atoms with Crippen molar-refractivity contribution < 1.29 is 37.7 Å². The standard InChI is InChI=1S/C15H17IN2O3.C13H9N3O.C11H14I2O.C10H12I2O.C10H14O.C4H4N2O2.I3/c1-15(2,3)10-7-9(8-11(16)13(10)21-4)18-6-5-12(19)17-14(18)20;14-9-10-5-1-2-6-11(10)16-13(17)12-7-3-4-8-15-12;1-11(2,3)8-5-7(12)6-9(13)10(8)14-4;1-10(2,3)7-4-6(11)5-8(12)9(7)13;1-10(2,3)8-6-4-5-7-9(8)11;7-3-1-2-5-4(8)6-3;1-3-2/h5-8H,1-4H3,(H,17,19,20);1-8H,(H,16,17);5-6H,1-4H3;4-5,13H,1-3H3;4-7,11H,1-3H3;1-2H,(H2,5,6,7,8);/q;;;;;;-1. The number of phenols is 2. The predicted octanol–water partition coefficient (Wildman–Crippen LogP) is 13.3. The number of para-hydroxylation sites is 2. The predicted molar refractivity (Wildman–Crippen MR) is 406 cm³/mol. The van der Waals surface area contributed by atoms with Gasteiger partial charge in [-0.25, -0.2) is 9.59 Å². The molecular weight excluding hydrogens is 2010 g/mol. The number of phenolic OH excluding ortho intramolecular Hbond substituents is 2. The number of hydrogen-bond donors (Lipinski definition) is 6. The molecule has 0 aliphatic rings. The molecule has 0 spiro atoms. The summed E-state index contributed by atoms with van der Waals surface area (Å²) in [4.78, 5) is 65.8. The van der Waals surface area contributed by atoms with E-state index in [4.69, 9.17) is 14.7 Å². The maximum absolute atomic E-state index is 11.9. The van der Waals surface area contributed by atoms with E-state index in [0.717, 1.165) is 35.3 Å². The Bertz CT molecular complexity index is 3800. The number of nitrogens with one attached hydrogen (secondary N) is 4. The van der Waals surface area contributed by atoms with Crippen LogP contribution in [0.4, 0.5) is 5.69 Å². The zero-order valence-electron chi connectivity index (χ0n) is 50.3. The number of amides is 1. The van der Waals surface area contributed by atoms with Crippen molar-refractivity contribution in [3.8, 4) is 34.8 Å². The summed E-state index contributed by atoms with van der Waals surface area (Å²) in [7, 11) is 3.37. The van der Waals surface area contributed by atoms with Crippen LogP contribution < -0.4 is 50.5 Å². The third kappa shape index (κ3) is 27.5. The number of halogens is 8. The van der Waals surface area contributed by atoms with Crippen molar-refractivity contribution in [3.05, 3.63) is 227 Å². The van der Waals surface area contributed by atoms with E-state index in [9.17, 15) is 34.2 Å². The van der Waals surface area contributed by atoms with Crippen LogP contribution in [0.25, 0.3) is 5.69 Å². The number of carbonyl (C=O) groups excluding carboxylic acids is 1. The topological polar surface area (TPSA) is 245 Å². The number of ether oxygens (including phenoxy) is 2. The van der Waals surface area contributed by atoms with Crippen LogP contribution in [-0.4, -0.2) is 54.8 Å². The summed E-state index contributed by atoms with van der Waals surface area (Å²) >= 11 is 16.6. The zero-order valence-corrected chi connectivity index (χ0v) is 67.6. The molecule has 6 N–H and O–H groups in total. The SMILES string of the molecule is CC(C)(C)c1cc(I)cc(I)c1O.CC(C)(C)c1ccccc1O.COc1c(I)cc(-n2ccc(=O)[nH]c2=O)cc1C(C)(C)C.COc1c(I)cc(I)cc1C(C)(C)C.I[I-]I.N#Cc1ccccc1NC(=O)c1ccccn1.O=c1cc[nH]c(=O)[nH]1. The Labute approximate surface area is 606 Å². The van der Waals surface area contributed by atoms with Gasteiger partial charge in [0.25, 0.3) is 17.0 Å². The summed E-state index contributed by atoms with van der Waals surface area (Å²) < 4.78 is 17.8. The number of aromatic hydroxyl groups is 2. The number of H-pyrrole nitrogens is 3. The Hall–Kier alpha value is -3.39. The van der Waals surface area contributed by atoms with Gasteiger partial charge in [0, 0.05) is 54.6 Å². The van der Waals surface area contributed by atoms with Crippen LogP contribution >= 0.6 is 150 Å². The van der Waals surface area contributed by atoms with Crippen molar-refractivity contribution in [2.75, 3.05) is 19.5 Å². The van der Waals surface area contributed by atoms with Gasteiger partial charge in [-0.3, -0.25) is 33.9 Å². The third-order valence-electron chi connectivity index (χ3n) is 11.6. The number of carbonyl (C=O) groups is 1. The molecule has 24 heteroatoms. The van der Waals surface area contributed by atoms with Gasteiger partial charge >= 0.3 is 61.9 Å². The van der Waals surface area contributed by atoms with Gasteiger partial charge in [0.1, 0.15) is 34.8 Å². The van der Waals surface area contributed by atoms with E-state index in [1.165, 1.54) is 45.4 Å². The summed E-state index contributed by atoms with van der Waals surface area (Å²) in [5.74, 6) is 2.31. The average Bonchev–Trinajstić information content (AvgIpc) is 1.60. The number of nitriles is 1. The van der Waals surface area contributed by atoms with Crippen LogP contribution in [0.1, 0.15) is 121 Å². The summed E-state index contributed by atoms with van der Waals surface area (Å²) in [6.45, 7) is 25.4. The molecule has 5 aromatic carbocycles. The minimum atomic E-state index is -0.475. The maximum atomic E-state index is 11.9. The van der Waals surface area contributed by atoms with Crippen LogP contribution in [0, 0.1) is 29.2 Å². The number of rotatable bonds is 5. The first kappa shape index (κ1) is 79.7. The maximum Gasteiger partial charge on any atom is 0.325 e. The molecule has 3 aromatic heterocycles. The first-order valence-electron chi connectivity index (χ1n) is 26.0. The van der Waals surface area contributed by atoms with E-state index < -0.39 is 16.9 Å². The molecule has 8 rings (SSSR count). The van der Waals surface area contributed by atoms with E-state index in [-0.39, 0.29) is 33.1 Å². The molecule has 0 bridgehead atoms. The quantitative estimate of drug-likeness (QED) is 0.0885. The molecule has 468 valence electrons. The van der Waals surface area contributed by atoms with E-state index in [2.05, 4.69) is 266 Å². The fourth-order valence-electron chi connectivity index (χ4n) is 7.43. The fraction of sp³-hybridized carbons (Fsp3) is 0.286. The fourth-order valence-corrected chi connectivity index (χ4v) is 12.2. The van der Waals surface area contributed by atoms with Gasteiger partial charge in [0.05, 0.1) is 41.9 Å². The molecule has 0 aliphatic heterocycles. The molecule has 16 nitrogen and oxygen atoms in total. The Morgan fingerprint density at radius 3 is 1.55 bits per heavy atom. The van der Waals surface area contributed by atoms with Crippen LogP contribution in [0.5, 0.6) is 23.0 Å². The van der Waals surface area contributed by atoms with Crippen molar-refractivity contribution in [1.29, 1.82) is 5.26 Å². The Morgan fingerprint density at radius 1 is 0.609 bits per heavy atom. The van der Waals surface area contributed by atoms with E-state index >= 15 is 0 Å². The number of aromatic nitrogens is 5. The monoisotopic (exact) mass is 2080 g/mol. The summed E-state index contributed by atoms with van der Waals surface area (Å²) in [5, 5.41) is 30.8. The van der Waals surface area contributed by atoms with Crippen molar-refractivity contribution in [3.63, 3.8) is 0 Å². The van der Waals surface area contributed by atoms with Crippen molar-refractivity contribution >= 4 is 162 Å². The van der Waals surface area contributed by atoms with Gasteiger partial charge < -0.3 is 30.0 Å². The van der Waals surface area contributed by atoms with Crippen molar-refractivity contribution in [1.82, 2.24) is 24.5 Å². The number of pyridine rings is 1. The molecule has 87 heavy (non-hydrogen) atoms. The second kappa shape index (κ2) is 37.8. The molecule has 8 aromatic rings. The van der Waals surface area contributed by atoms with Gasteiger partial charge in [0.2, 0.25) is 0 Å². The van der Waals surface area contributed by atoms with E-state index in [0.29, 0.717) is 47.4 Å². The van der Waals surface area contributed by atoms with Crippen molar-refractivity contribution in [2.24, 2.45) is 0 Å². The minimum Gasteiger partial charge on any atom is -0.319 e. The summed E-state index contributed by atoms with van der Waals surface area (Å²) in [5.41, 5.74) is 4.56. The molecule has 0 fully saturated rings. The molecule has 0 unspecified atom stereocenters. The molecule has 3 heterocycles. The average molecular weight is 2080 g/mol. The number of benzene rings is 5. The smallest absolute Gasteiger partial charge is 0.319 e. The second-order valence-corrected chi connectivity index (χ2v) is 44.7. The van der Waals surface area contributed by atoms with Gasteiger partial charge in [-0.1, -0.05) is 119 Å². The number of anilines is 1. The van der Waals surface area contributed by atoms with E-state index in [1.807, 2.05) is 53.5 Å².